The fourth-order valence-electron chi connectivity index (χ4n) is 6.79. The van der Waals surface area contributed by atoms with E-state index in [0.717, 1.165) is 51.4 Å². The molecule has 0 saturated heterocycles. The Balaban J connectivity index is 0. The third-order valence-electron chi connectivity index (χ3n) is 10.4. The second-order valence-electron chi connectivity index (χ2n) is 17.8. The van der Waals surface area contributed by atoms with Crippen molar-refractivity contribution in [3.8, 4) is 0 Å². The van der Waals surface area contributed by atoms with Crippen molar-refractivity contribution >= 4 is 32.3 Å². The molecule has 12 nitrogen and oxygen atoms in total. The molecule has 0 aliphatic heterocycles. The Morgan fingerprint density at radius 3 is 1.59 bits per heavy atom. The SMILES string of the molecule is C=CCOP(C)OCCNC(=O)OC(C)(C)C.CCCCCCCCCCCCCC(=O)N[C@@H](CO)C(=O)NCC[C@@H](CCCCCCC)OC(=O)CCCCCCCCCCC. The van der Waals surface area contributed by atoms with Crippen LogP contribution in [-0.2, 0) is 32.9 Å². The quantitative estimate of drug-likeness (QED) is 0.0202. The summed E-state index contributed by atoms with van der Waals surface area (Å²) in [6.45, 7) is 18.7. The number of hydrogen-bond donors (Lipinski definition) is 4. The Bertz CT molecular complexity index is 1090. The lowest BCUT2D eigenvalue weighted by molar-refractivity contribution is -0.150. The molecule has 0 aliphatic carbocycles. The minimum absolute atomic E-state index is 0.143. The van der Waals surface area contributed by atoms with Gasteiger partial charge in [-0.2, -0.15) is 0 Å². The van der Waals surface area contributed by atoms with E-state index >= 15 is 0 Å². The maximum Gasteiger partial charge on any atom is 0.407 e. The summed E-state index contributed by atoms with van der Waals surface area (Å²) in [5, 5.41) is 17.9. The average Bonchev–Trinajstić information content (AvgIpc) is 3.24. The van der Waals surface area contributed by atoms with Crippen molar-refractivity contribution in [1.29, 1.82) is 0 Å². The Morgan fingerprint density at radius 2 is 1.11 bits per heavy atom. The number of nitrogens with one attached hydrogen (secondary N) is 3. The van der Waals surface area contributed by atoms with Crippen molar-refractivity contribution in [1.82, 2.24) is 16.0 Å². The largest absolute Gasteiger partial charge is 0.462 e. The summed E-state index contributed by atoms with van der Waals surface area (Å²) in [4.78, 5) is 49.0. The summed E-state index contributed by atoms with van der Waals surface area (Å²) >= 11 is 0. The first-order chi connectivity index (χ1) is 30.3. The van der Waals surface area contributed by atoms with Gasteiger partial charge in [0.15, 0.2) is 8.38 Å². The van der Waals surface area contributed by atoms with Gasteiger partial charge in [0.1, 0.15) is 17.7 Å². The Hall–Kier alpha value is -2.27. The summed E-state index contributed by atoms with van der Waals surface area (Å²) < 4.78 is 21.5. The molecule has 3 amide bonds. The molecule has 0 aliphatic rings. The summed E-state index contributed by atoms with van der Waals surface area (Å²) in [6, 6.07) is -0.957. The highest BCUT2D eigenvalue weighted by Gasteiger charge is 2.21. The highest BCUT2D eigenvalue weighted by molar-refractivity contribution is 7.46. The molecule has 0 rings (SSSR count). The molecule has 372 valence electrons. The zero-order valence-corrected chi connectivity index (χ0v) is 42.5. The molecule has 0 aromatic carbocycles. The van der Waals surface area contributed by atoms with Gasteiger partial charge in [0, 0.05) is 39.0 Å². The number of rotatable bonds is 42. The highest BCUT2D eigenvalue weighted by Crippen LogP contribution is 2.32. The minimum atomic E-state index is -0.957. The first-order valence-corrected chi connectivity index (χ1v) is 26.9. The van der Waals surface area contributed by atoms with Crippen molar-refractivity contribution in [2.24, 2.45) is 0 Å². The van der Waals surface area contributed by atoms with Crippen LogP contribution in [0.3, 0.4) is 0 Å². The molecule has 4 N–H and O–H groups in total. The summed E-state index contributed by atoms with van der Waals surface area (Å²) in [5.74, 6) is -0.728. The number of alkyl carbamates (subject to hydrolysis) is 1. The van der Waals surface area contributed by atoms with Crippen LogP contribution in [-0.4, -0.2) is 86.3 Å². The Morgan fingerprint density at radius 1 is 0.635 bits per heavy atom. The first kappa shape index (κ1) is 62.8. The molecule has 0 aromatic heterocycles. The van der Waals surface area contributed by atoms with Gasteiger partial charge >= 0.3 is 12.1 Å². The smallest absolute Gasteiger partial charge is 0.407 e. The van der Waals surface area contributed by atoms with Crippen LogP contribution >= 0.6 is 8.38 Å². The maximum atomic E-state index is 12.7. The van der Waals surface area contributed by atoms with Crippen LogP contribution in [0.15, 0.2) is 12.7 Å². The van der Waals surface area contributed by atoms with Crippen LogP contribution in [0.1, 0.15) is 228 Å². The van der Waals surface area contributed by atoms with Crippen LogP contribution < -0.4 is 16.0 Å². The standard InChI is InChI=1S/C39H76N2O5.C11H22NO4P/c1-4-7-10-13-15-17-18-20-21-24-27-30-37(43)41-36(34-42)39(45)40-33-32-35(29-26-23-12-9-6-3)46-38(44)31-28-25-22-19-16-14-11-8-5-2;1-6-8-14-17(5)15-9-7-12-10(13)16-11(2,3)4/h35-36,42H,4-34H2,1-3H3,(H,40,45)(H,41,43);6H,1,7-9H2,2-5H3,(H,12,13)/t35-,36+;/m1./s1. The zero-order valence-electron chi connectivity index (χ0n) is 41.6. The fourth-order valence-corrected chi connectivity index (χ4v) is 7.53. The van der Waals surface area contributed by atoms with E-state index in [1.165, 1.54) is 116 Å². The third kappa shape index (κ3) is 47.5. The predicted molar refractivity (Wildman–Crippen MR) is 262 cm³/mol. The third-order valence-corrected chi connectivity index (χ3v) is 11.5. The van der Waals surface area contributed by atoms with E-state index in [1.807, 2.05) is 27.4 Å². The van der Waals surface area contributed by atoms with Crippen molar-refractivity contribution < 1.29 is 42.8 Å². The fraction of sp³-hybridized carbons (Fsp3) is 0.880. The zero-order chi connectivity index (χ0) is 47.2. The van der Waals surface area contributed by atoms with Gasteiger partial charge in [-0.15, -0.1) is 6.58 Å². The van der Waals surface area contributed by atoms with Crippen molar-refractivity contribution in [2.75, 3.05) is 39.6 Å². The van der Waals surface area contributed by atoms with Crippen LogP contribution in [0, 0.1) is 0 Å². The summed E-state index contributed by atoms with van der Waals surface area (Å²) in [6.07, 6.45) is 33.1. The molecule has 0 aromatic rings. The van der Waals surface area contributed by atoms with Crippen molar-refractivity contribution in [2.45, 2.75) is 245 Å². The van der Waals surface area contributed by atoms with Gasteiger partial charge < -0.3 is 39.6 Å². The molecule has 13 heteroatoms. The van der Waals surface area contributed by atoms with Crippen LogP contribution in [0.25, 0.3) is 0 Å². The lowest BCUT2D eigenvalue weighted by Gasteiger charge is -2.20. The summed E-state index contributed by atoms with van der Waals surface area (Å²) in [7, 11) is -0.908. The normalized spacial score (nSPS) is 12.6. The van der Waals surface area contributed by atoms with E-state index in [0.29, 0.717) is 45.6 Å². The van der Waals surface area contributed by atoms with Gasteiger partial charge in [0.2, 0.25) is 11.8 Å². The van der Waals surface area contributed by atoms with E-state index in [1.54, 1.807) is 6.08 Å². The Kier molecular flexibility index (Phi) is 46.1. The lowest BCUT2D eigenvalue weighted by Crippen LogP contribution is -2.49. The van der Waals surface area contributed by atoms with Gasteiger partial charge in [-0.3, -0.25) is 14.4 Å². The number of carbonyl (C=O) groups excluding carboxylic acids is 4. The van der Waals surface area contributed by atoms with E-state index < -0.39 is 38.6 Å². The first-order valence-electron chi connectivity index (χ1n) is 25.3. The molecule has 3 atom stereocenters. The molecule has 0 saturated carbocycles. The lowest BCUT2D eigenvalue weighted by atomic mass is 10.1. The second-order valence-corrected chi connectivity index (χ2v) is 19.2. The van der Waals surface area contributed by atoms with Gasteiger partial charge in [-0.05, 0) is 46.5 Å². The number of esters is 1. The van der Waals surface area contributed by atoms with E-state index in [4.69, 9.17) is 18.5 Å². The number of carbonyl (C=O) groups is 4. The minimum Gasteiger partial charge on any atom is -0.462 e. The van der Waals surface area contributed by atoms with E-state index in [-0.39, 0.29) is 18.0 Å². The predicted octanol–water partition coefficient (Wildman–Crippen LogP) is 12.5. The van der Waals surface area contributed by atoms with Crippen molar-refractivity contribution in [3.63, 3.8) is 0 Å². The van der Waals surface area contributed by atoms with Gasteiger partial charge in [-0.25, -0.2) is 4.79 Å². The topological polar surface area (TPSA) is 162 Å². The highest BCUT2D eigenvalue weighted by atomic mass is 31.2. The molecule has 0 spiro atoms. The van der Waals surface area contributed by atoms with Crippen LogP contribution in [0.5, 0.6) is 0 Å². The molecular weight excluding hydrogens is 818 g/mol. The van der Waals surface area contributed by atoms with E-state index in [9.17, 15) is 24.3 Å². The second kappa shape index (κ2) is 46.3. The number of hydrogen-bond acceptors (Lipinski definition) is 9. The number of ether oxygens (including phenoxy) is 2. The average molecular weight is 916 g/mol. The number of aliphatic hydroxyl groups excluding tert-OH is 1. The molecule has 0 bridgehead atoms. The maximum absolute atomic E-state index is 12.7. The van der Waals surface area contributed by atoms with Crippen LogP contribution in [0.2, 0.25) is 0 Å². The summed E-state index contributed by atoms with van der Waals surface area (Å²) in [5.41, 5.74) is -0.477. The number of aliphatic hydroxyl groups is 1. The molecule has 63 heavy (non-hydrogen) atoms. The molecule has 1 unspecified atom stereocenters. The van der Waals surface area contributed by atoms with E-state index in [2.05, 4.69) is 43.3 Å². The molecular formula is C50H98N3O9P. The number of amides is 3. The molecule has 0 fully saturated rings. The van der Waals surface area contributed by atoms with Gasteiger partial charge in [0.25, 0.3) is 0 Å². The molecule has 0 radical (unpaired) electrons. The van der Waals surface area contributed by atoms with Gasteiger partial charge in [0.05, 0.1) is 19.8 Å². The Labute approximate surface area is 387 Å². The molecule has 0 heterocycles. The van der Waals surface area contributed by atoms with Gasteiger partial charge in [-0.1, -0.05) is 168 Å². The number of unbranched alkanes of at least 4 members (excludes halogenated alkanes) is 22. The van der Waals surface area contributed by atoms with Crippen LogP contribution in [0.4, 0.5) is 4.79 Å². The van der Waals surface area contributed by atoms with Crippen molar-refractivity contribution in [3.05, 3.63) is 12.7 Å². The monoisotopic (exact) mass is 916 g/mol.